The van der Waals surface area contributed by atoms with Gasteiger partial charge in [-0.15, -0.1) is 0 Å². The monoisotopic (exact) mass is 294 g/mol. The first-order valence-electron chi connectivity index (χ1n) is 5.73. The van der Waals surface area contributed by atoms with E-state index >= 15 is 0 Å². The Morgan fingerprint density at radius 2 is 1.78 bits per heavy atom. The molecule has 0 aliphatic heterocycles. The molecule has 0 aromatic carbocycles. The van der Waals surface area contributed by atoms with Gasteiger partial charge in [-0.25, -0.2) is 0 Å². The molecule has 0 aromatic heterocycles. The van der Waals surface area contributed by atoms with Crippen molar-refractivity contribution in [3.8, 4) is 0 Å². The lowest BCUT2D eigenvalue weighted by Gasteiger charge is -2.40. The maximum absolute atomic E-state index is 11.4. The number of carboxylic acids is 1. The van der Waals surface area contributed by atoms with Crippen LogP contribution in [0.1, 0.15) is 38.5 Å². The van der Waals surface area contributed by atoms with Gasteiger partial charge in [0.2, 0.25) is 0 Å². The highest BCUT2D eigenvalue weighted by Gasteiger charge is 2.56. The second-order valence-electron chi connectivity index (χ2n) is 5.30. The smallest absolute Gasteiger partial charge is 0.303 e. The Morgan fingerprint density at radius 3 is 2.06 bits per heavy atom. The van der Waals surface area contributed by atoms with Crippen LogP contribution in [0.25, 0.3) is 0 Å². The molecule has 0 bridgehead atoms. The molecule has 0 spiro atoms. The van der Waals surface area contributed by atoms with Crippen molar-refractivity contribution >= 4 is 28.1 Å². The molecule has 104 valence electrons. The van der Waals surface area contributed by atoms with Gasteiger partial charge in [0.1, 0.15) is 0 Å². The summed E-state index contributed by atoms with van der Waals surface area (Å²) in [5.41, 5.74) is -0.644. The SMILES string of the molecule is O=C(O)CC1(CC(C2CC2)(S(=O)[O-])S(=O)[O-])CC1. The van der Waals surface area contributed by atoms with E-state index < -0.39 is 37.6 Å². The van der Waals surface area contributed by atoms with Crippen LogP contribution >= 0.6 is 0 Å². The summed E-state index contributed by atoms with van der Waals surface area (Å²) in [7, 11) is 0. The predicted octanol–water partition coefficient (Wildman–Crippen LogP) is 0.496. The van der Waals surface area contributed by atoms with Gasteiger partial charge in [-0.05, 0) is 65.6 Å². The summed E-state index contributed by atoms with van der Waals surface area (Å²) in [6.45, 7) is 0. The summed E-state index contributed by atoms with van der Waals surface area (Å²) in [6, 6.07) is 0. The number of hydrogen-bond donors (Lipinski definition) is 1. The minimum Gasteiger partial charge on any atom is -0.771 e. The van der Waals surface area contributed by atoms with Crippen LogP contribution in [0.4, 0.5) is 0 Å². The van der Waals surface area contributed by atoms with Gasteiger partial charge in [0.05, 0.1) is 10.5 Å². The van der Waals surface area contributed by atoms with Crippen molar-refractivity contribution < 1.29 is 27.4 Å². The molecule has 2 aliphatic carbocycles. The van der Waals surface area contributed by atoms with E-state index in [0.717, 1.165) is 0 Å². The number of hydrogen-bond acceptors (Lipinski definition) is 5. The molecular weight excluding hydrogens is 280 g/mol. The Kier molecular flexibility index (Phi) is 3.65. The van der Waals surface area contributed by atoms with Crippen molar-refractivity contribution in [2.24, 2.45) is 11.3 Å². The van der Waals surface area contributed by atoms with Crippen LogP contribution in [0.15, 0.2) is 0 Å². The van der Waals surface area contributed by atoms with Crippen molar-refractivity contribution in [2.75, 3.05) is 0 Å². The minimum absolute atomic E-state index is 0.0802. The van der Waals surface area contributed by atoms with Crippen LogP contribution in [-0.2, 0) is 27.0 Å². The lowest BCUT2D eigenvalue weighted by Crippen LogP contribution is -2.44. The van der Waals surface area contributed by atoms with Crippen molar-refractivity contribution in [3.05, 3.63) is 0 Å². The maximum Gasteiger partial charge on any atom is 0.303 e. The zero-order chi connectivity index (χ0) is 13.6. The Bertz CT molecular complexity index is 399. The molecule has 1 N–H and O–H groups in total. The van der Waals surface area contributed by atoms with Crippen LogP contribution in [0.5, 0.6) is 0 Å². The summed E-state index contributed by atoms with van der Waals surface area (Å²) < 4.78 is 43.8. The van der Waals surface area contributed by atoms with Crippen molar-refractivity contribution in [1.82, 2.24) is 0 Å². The normalized spacial score (nSPS) is 28.1. The fraction of sp³-hybridized carbons (Fsp3) is 0.900. The second kappa shape index (κ2) is 4.66. The summed E-state index contributed by atoms with van der Waals surface area (Å²) in [4.78, 5) is 10.8. The summed E-state index contributed by atoms with van der Waals surface area (Å²) in [6.07, 6.45) is 2.08. The number of aliphatic carboxylic acids is 1. The third kappa shape index (κ3) is 2.52. The van der Waals surface area contributed by atoms with Gasteiger partial charge < -0.3 is 14.2 Å². The lowest BCUT2D eigenvalue weighted by atomic mass is 9.94. The van der Waals surface area contributed by atoms with Crippen molar-refractivity contribution in [3.63, 3.8) is 0 Å². The first-order chi connectivity index (χ1) is 8.32. The van der Waals surface area contributed by atoms with Crippen molar-refractivity contribution in [1.29, 1.82) is 0 Å². The second-order valence-corrected chi connectivity index (χ2v) is 7.96. The van der Waals surface area contributed by atoms with Gasteiger partial charge in [-0.3, -0.25) is 13.2 Å². The highest BCUT2D eigenvalue weighted by molar-refractivity contribution is 7.99. The van der Waals surface area contributed by atoms with Gasteiger partial charge >= 0.3 is 5.97 Å². The topological polar surface area (TPSA) is 118 Å². The predicted molar refractivity (Wildman–Crippen MR) is 61.8 cm³/mol. The van der Waals surface area contributed by atoms with Gasteiger partial charge in [-0.2, -0.15) is 0 Å². The highest BCUT2D eigenvalue weighted by Crippen LogP contribution is 2.59. The molecule has 0 radical (unpaired) electrons. The van der Waals surface area contributed by atoms with Crippen LogP contribution in [-0.4, -0.2) is 32.7 Å². The van der Waals surface area contributed by atoms with E-state index in [1.807, 2.05) is 0 Å². The molecule has 0 heterocycles. The average molecular weight is 294 g/mol. The highest BCUT2D eigenvalue weighted by atomic mass is 32.3. The zero-order valence-electron chi connectivity index (χ0n) is 9.62. The van der Waals surface area contributed by atoms with E-state index in [-0.39, 0.29) is 18.8 Å². The maximum atomic E-state index is 11.4. The third-order valence-electron chi connectivity index (χ3n) is 3.87. The minimum atomic E-state index is -2.74. The molecule has 2 fully saturated rings. The first-order valence-corrected chi connectivity index (χ1v) is 7.88. The number of carbonyl (C=O) groups is 1. The van der Waals surface area contributed by atoms with Crippen LogP contribution in [0.2, 0.25) is 0 Å². The number of rotatable bonds is 7. The van der Waals surface area contributed by atoms with Gasteiger partial charge in [0.15, 0.2) is 0 Å². The van der Waals surface area contributed by atoms with Crippen LogP contribution < -0.4 is 0 Å². The van der Waals surface area contributed by atoms with E-state index in [1.165, 1.54) is 0 Å². The first kappa shape index (κ1) is 14.1. The molecule has 0 aromatic rings. The van der Waals surface area contributed by atoms with Gasteiger partial charge in [-0.1, -0.05) is 0 Å². The largest absolute Gasteiger partial charge is 0.771 e. The number of carboxylic acid groups (broad SMARTS) is 1. The van der Waals surface area contributed by atoms with E-state index in [4.69, 9.17) is 5.11 Å². The Balaban J connectivity index is 2.23. The van der Waals surface area contributed by atoms with Gasteiger partial charge in [0, 0.05) is 0 Å². The van der Waals surface area contributed by atoms with E-state index in [1.54, 1.807) is 0 Å². The molecule has 2 saturated carbocycles. The van der Waals surface area contributed by atoms with E-state index in [2.05, 4.69) is 0 Å². The molecule has 0 saturated heterocycles. The van der Waals surface area contributed by atoms with E-state index in [0.29, 0.717) is 25.7 Å². The quantitative estimate of drug-likeness (QED) is 0.683. The molecule has 6 nitrogen and oxygen atoms in total. The Morgan fingerprint density at radius 1 is 1.28 bits per heavy atom. The summed E-state index contributed by atoms with van der Waals surface area (Å²) in [5, 5.41) is 8.81. The lowest BCUT2D eigenvalue weighted by molar-refractivity contribution is -0.138. The molecule has 2 atom stereocenters. The summed E-state index contributed by atoms with van der Waals surface area (Å²) in [5.74, 6) is -1.38. The molecule has 0 amide bonds. The molecule has 2 aliphatic rings. The van der Waals surface area contributed by atoms with Crippen molar-refractivity contribution in [2.45, 2.75) is 42.6 Å². The molecule has 18 heavy (non-hydrogen) atoms. The summed E-state index contributed by atoms with van der Waals surface area (Å²) >= 11 is -5.47. The average Bonchev–Trinajstić information content (AvgIpc) is 3.07. The molecule has 2 unspecified atom stereocenters. The third-order valence-corrected chi connectivity index (χ3v) is 6.77. The van der Waals surface area contributed by atoms with E-state index in [9.17, 15) is 22.3 Å². The fourth-order valence-electron chi connectivity index (χ4n) is 2.55. The standard InChI is InChI=1S/C10H16O6S2/c11-8(12)5-9(3-4-9)6-10(17(13)14,18(15)16)7-1-2-7/h7H,1-6H2,(H,11,12)(H,13,14)(H,15,16)/p-2. The van der Waals surface area contributed by atoms with Crippen LogP contribution in [0.3, 0.4) is 0 Å². The molecular formula is C10H14O6S2-2. The Labute approximate surface area is 110 Å². The zero-order valence-corrected chi connectivity index (χ0v) is 11.3. The van der Waals surface area contributed by atoms with Gasteiger partial charge in [0.25, 0.3) is 0 Å². The van der Waals surface area contributed by atoms with Crippen LogP contribution in [0, 0.1) is 11.3 Å². The Hall–Kier alpha value is -0.310. The molecule has 2 rings (SSSR count). The fourth-order valence-corrected chi connectivity index (χ4v) is 4.86. The molecule has 8 heteroatoms.